The van der Waals surface area contributed by atoms with Crippen molar-refractivity contribution in [3.05, 3.63) is 30.0 Å². The average Bonchev–Trinajstić information content (AvgIpc) is 3.25. The molecule has 1 aromatic carbocycles. The van der Waals surface area contributed by atoms with E-state index >= 15 is 0 Å². The van der Waals surface area contributed by atoms with E-state index < -0.39 is 6.10 Å². The third-order valence-corrected chi connectivity index (χ3v) is 5.99. The molecular weight excluding hydrogens is 366 g/mol. The van der Waals surface area contributed by atoms with Crippen LogP contribution in [0.4, 0.5) is 17.1 Å². The van der Waals surface area contributed by atoms with Crippen molar-refractivity contribution in [2.24, 2.45) is 0 Å². The van der Waals surface area contributed by atoms with Gasteiger partial charge in [-0.15, -0.1) is 0 Å². The molecule has 1 amide bonds. The summed E-state index contributed by atoms with van der Waals surface area (Å²) in [5, 5.41) is 12.0. The number of hydrogen-bond acceptors (Lipinski definition) is 6. The van der Waals surface area contributed by atoms with Crippen molar-refractivity contribution in [2.45, 2.75) is 31.8 Å². The van der Waals surface area contributed by atoms with Crippen LogP contribution in [0.25, 0.3) is 0 Å². The van der Waals surface area contributed by atoms with Gasteiger partial charge in [0, 0.05) is 51.4 Å². The van der Waals surface area contributed by atoms with Gasteiger partial charge in [0.2, 0.25) is 0 Å². The van der Waals surface area contributed by atoms with E-state index in [1.165, 1.54) is 24.9 Å². The zero-order chi connectivity index (χ0) is 20.2. The molecule has 3 aliphatic rings. The van der Waals surface area contributed by atoms with Crippen molar-refractivity contribution >= 4 is 23.0 Å². The Morgan fingerprint density at radius 3 is 2.55 bits per heavy atom. The molecule has 3 aliphatic heterocycles. The quantitative estimate of drug-likeness (QED) is 0.845. The fraction of sp³-hybridized carbons (Fsp3) is 0.545. The van der Waals surface area contributed by atoms with Gasteiger partial charge >= 0.3 is 0 Å². The van der Waals surface area contributed by atoms with Gasteiger partial charge in [0.1, 0.15) is 6.07 Å². The number of nitrogens with one attached hydrogen (secondary N) is 1. The maximum absolute atomic E-state index is 12.7. The fourth-order valence-corrected chi connectivity index (χ4v) is 4.19. The molecule has 0 aliphatic carbocycles. The maximum Gasteiger partial charge on any atom is 0.265 e. The normalized spacial score (nSPS) is 22.6. The van der Waals surface area contributed by atoms with E-state index in [2.05, 4.69) is 39.2 Å². The summed E-state index contributed by atoms with van der Waals surface area (Å²) in [6.45, 7) is 6.17. The van der Waals surface area contributed by atoms with Crippen LogP contribution in [-0.4, -0.2) is 63.2 Å². The molecule has 4 rings (SSSR count). The van der Waals surface area contributed by atoms with Crippen LogP contribution in [-0.2, 0) is 9.53 Å². The largest absolute Gasteiger partial charge is 0.470 e. The Kier molecular flexibility index (Phi) is 5.91. The maximum atomic E-state index is 12.7. The van der Waals surface area contributed by atoms with Gasteiger partial charge in [-0.2, -0.15) is 5.26 Å². The number of carbonyl (C=O) groups excluding carboxylic acids is 1. The molecule has 1 atom stereocenters. The summed E-state index contributed by atoms with van der Waals surface area (Å²) in [6, 6.07) is 8.30. The molecule has 2 fully saturated rings. The Bertz CT molecular complexity index is 817. The first kappa shape index (κ1) is 19.6. The van der Waals surface area contributed by atoms with Gasteiger partial charge in [-0.3, -0.25) is 4.79 Å². The van der Waals surface area contributed by atoms with Crippen molar-refractivity contribution in [3.63, 3.8) is 0 Å². The number of nitrogens with zero attached hydrogens (tertiary/aromatic N) is 4. The second-order valence-electron chi connectivity index (χ2n) is 8.05. The van der Waals surface area contributed by atoms with E-state index in [0.29, 0.717) is 6.42 Å². The molecule has 1 aromatic rings. The zero-order valence-corrected chi connectivity index (χ0v) is 17.1. The summed E-state index contributed by atoms with van der Waals surface area (Å²) < 4.78 is 5.42. The van der Waals surface area contributed by atoms with Gasteiger partial charge in [0.15, 0.2) is 11.9 Å². The summed E-state index contributed by atoms with van der Waals surface area (Å²) in [5.41, 5.74) is 3.12. The number of rotatable bonds is 4. The lowest BCUT2D eigenvalue weighted by Crippen LogP contribution is -2.44. The predicted molar refractivity (Wildman–Crippen MR) is 114 cm³/mol. The number of allylic oxidation sites excluding steroid dienone is 1. The Labute approximate surface area is 172 Å². The van der Waals surface area contributed by atoms with Crippen LogP contribution in [0.1, 0.15) is 25.7 Å². The van der Waals surface area contributed by atoms with Gasteiger partial charge in [0.05, 0.1) is 11.4 Å². The summed E-state index contributed by atoms with van der Waals surface area (Å²) in [7, 11) is 2.16. The van der Waals surface area contributed by atoms with Crippen LogP contribution in [0, 0.1) is 11.3 Å². The van der Waals surface area contributed by atoms with Crippen LogP contribution < -0.4 is 15.1 Å². The van der Waals surface area contributed by atoms with Crippen LogP contribution in [0.5, 0.6) is 0 Å². The molecule has 1 unspecified atom stereocenters. The molecule has 2 saturated heterocycles. The van der Waals surface area contributed by atoms with Crippen molar-refractivity contribution in [2.75, 3.05) is 61.4 Å². The second-order valence-corrected chi connectivity index (χ2v) is 8.05. The third-order valence-electron chi connectivity index (χ3n) is 5.99. The van der Waals surface area contributed by atoms with E-state index in [9.17, 15) is 4.79 Å². The summed E-state index contributed by atoms with van der Waals surface area (Å²) in [6.07, 6.45) is 5.09. The standard InChI is InChI=1S/C22H29N5O2/c1-25-11-13-26(14-12-25)17-5-7-19(20(15-17)27-9-3-2-4-10-27)24-22(28)21-8-6-18(16-23)29-21/h5-7,15,21H,2-4,8-14H2,1H3,(H,24,28). The Morgan fingerprint density at radius 1 is 1.10 bits per heavy atom. The van der Waals surface area contributed by atoms with Crippen molar-refractivity contribution in [3.8, 4) is 6.07 Å². The molecule has 0 spiro atoms. The van der Waals surface area contributed by atoms with E-state index in [-0.39, 0.29) is 11.7 Å². The Morgan fingerprint density at radius 2 is 1.86 bits per heavy atom. The number of carbonyl (C=O) groups is 1. The molecule has 7 nitrogen and oxygen atoms in total. The van der Waals surface area contributed by atoms with Crippen LogP contribution in [0.3, 0.4) is 0 Å². The molecule has 7 heteroatoms. The molecule has 3 heterocycles. The first-order valence-electron chi connectivity index (χ1n) is 10.5. The van der Waals surface area contributed by atoms with E-state index in [0.717, 1.165) is 50.6 Å². The molecule has 1 N–H and O–H groups in total. The van der Waals surface area contributed by atoms with Crippen LogP contribution >= 0.6 is 0 Å². The predicted octanol–water partition coefficient (Wildman–Crippen LogP) is 2.56. The van der Waals surface area contributed by atoms with Gasteiger partial charge < -0.3 is 24.8 Å². The average molecular weight is 396 g/mol. The van der Waals surface area contributed by atoms with Gasteiger partial charge in [-0.1, -0.05) is 0 Å². The molecule has 0 bridgehead atoms. The lowest BCUT2D eigenvalue weighted by molar-refractivity contribution is -0.123. The number of likely N-dealkylation sites (N-methyl/N-ethyl adjacent to an activating group) is 1. The number of piperazine rings is 1. The summed E-state index contributed by atoms with van der Waals surface area (Å²) in [5.74, 6) is 0.0314. The first-order chi connectivity index (χ1) is 14.1. The number of anilines is 3. The molecule has 29 heavy (non-hydrogen) atoms. The van der Waals surface area contributed by atoms with Crippen LogP contribution in [0.2, 0.25) is 0 Å². The van der Waals surface area contributed by atoms with Crippen molar-refractivity contribution < 1.29 is 9.53 Å². The van der Waals surface area contributed by atoms with Gasteiger partial charge in [0.25, 0.3) is 5.91 Å². The molecule has 0 aromatic heterocycles. The van der Waals surface area contributed by atoms with E-state index in [1.807, 2.05) is 12.1 Å². The second kappa shape index (κ2) is 8.75. The minimum absolute atomic E-state index is 0.197. The van der Waals surface area contributed by atoms with Gasteiger partial charge in [-0.25, -0.2) is 0 Å². The smallest absolute Gasteiger partial charge is 0.265 e. The van der Waals surface area contributed by atoms with E-state index in [4.69, 9.17) is 10.00 Å². The Hall–Kier alpha value is -2.72. The first-order valence-corrected chi connectivity index (χ1v) is 10.5. The van der Waals surface area contributed by atoms with Crippen molar-refractivity contribution in [1.82, 2.24) is 4.90 Å². The minimum atomic E-state index is -0.629. The highest BCUT2D eigenvalue weighted by molar-refractivity contribution is 5.98. The highest BCUT2D eigenvalue weighted by Gasteiger charge is 2.27. The number of ether oxygens (including phenoxy) is 1. The number of nitriles is 1. The zero-order valence-electron chi connectivity index (χ0n) is 17.1. The minimum Gasteiger partial charge on any atom is -0.470 e. The number of piperidine rings is 1. The highest BCUT2D eigenvalue weighted by Crippen LogP contribution is 2.34. The van der Waals surface area contributed by atoms with Crippen molar-refractivity contribution in [1.29, 1.82) is 5.26 Å². The molecule has 154 valence electrons. The molecule has 0 radical (unpaired) electrons. The molecular formula is C22H29N5O2. The summed E-state index contributed by atoms with van der Waals surface area (Å²) in [4.78, 5) is 19.9. The number of benzene rings is 1. The fourth-order valence-electron chi connectivity index (χ4n) is 4.19. The number of hydrogen-bond donors (Lipinski definition) is 1. The van der Waals surface area contributed by atoms with Gasteiger partial charge in [-0.05, 0) is 50.6 Å². The Balaban J connectivity index is 1.54. The molecule has 0 saturated carbocycles. The topological polar surface area (TPSA) is 71.8 Å². The lowest BCUT2D eigenvalue weighted by Gasteiger charge is -2.36. The summed E-state index contributed by atoms with van der Waals surface area (Å²) >= 11 is 0. The monoisotopic (exact) mass is 395 g/mol. The SMILES string of the molecule is CN1CCN(c2ccc(NC(=O)C3CC=C(C#N)O3)c(N3CCCCC3)c2)CC1. The number of amides is 1. The third kappa shape index (κ3) is 4.48. The van der Waals surface area contributed by atoms with E-state index in [1.54, 1.807) is 6.08 Å². The lowest BCUT2D eigenvalue weighted by atomic mass is 10.1. The highest BCUT2D eigenvalue weighted by atomic mass is 16.5. The van der Waals surface area contributed by atoms with Crippen LogP contribution in [0.15, 0.2) is 30.0 Å².